The standard InChI is InChI=1S/C19H22N2O3/c1-14(2)24-17-5-3-4-15(12-17)18-13-16(6-7-20-18)19(22)21-8-10-23-11-9-21/h3-7,12-14H,8-11H2,1-2H3. The molecule has 5 nitrogen and oxygen atoms in total. The summed E-state index contributed by atoms with van der Waals surface area (Å²) in [6.45, 7) is 6.44. The largest absolute Gasteiger partial charge is 0.491 e. The van der Waals surface area contributed by atoms with Gasteiger partial charge < -0.3 is 14.4 Å². The van der Waals surface area contributed by atoms with E-state index in [1.54, 1.807) is 12.3 Å². The summed E-state index contributed by atoms with van der Waals surface area (Å²) in [4.78, 5) is 18.8. The molecule has 0 bridgehead atoms. The number of benzene rings is 1. The van der Waals surface area contributed by atoms with Crippen molar-refractivity contribution in [3.05, 3.63) is 48.2 Å². The van der Waals surface area contributed by atoms with Gasteiger partial charge in [0.2, 0.25) is 0 Å². The number of nitrogens with zero attached hydrogens (tertiary/aromatic N) is 2. The molecule has 1 fully saturated rings. The van der Waals surface area contributed by atoms with Crippen molar-refractivity contribution in [2.75, 3.05) is 26.3 Å². The molecule has 2 aromatic rings. The Hall–Kier alpha value is -2.40. The predicted molar refractivity (Wildman–Crippen MR) is 92.2 cm³/mol. The van der Waals surface area contributed by atoms with Crippen molar-refractivity contribution in [2.45, 2.75) is 20.0 Å². The van der Waals surface area contributed by atoms with Gasteiger partial charge in [0, 0.05) is 30.4 Å². The summed E-state index contributed by atoms with van der Waals surface area (Å²) in [7, 11) is 0. The maximum Gasteiger partial charge on any atom is 0.254 e. The average molecular weight is 326 g/mol. The lowest BCUT2D eigenvalue weighted by atomic mass is 10.1. The summed E-state index contributed by atoms with van der Waals surface area (Å²) in [5, 5.41) is 0. The Morgan fingerprint density at radius 2 is 2.00 bits per heavy atom. The summed E-state index contributed by atoms with van der Waals surface area (Å²) in [6.07, 6.45) is 1.79. The molecule has 0 radical (unpaired) electrons. The third kappa shape index (κ3) is 3.92. The molecule has 1 aliphatic heterocycles. The first kappa shape index (κ1) is 16.5. The molecule has 1 amide bonds. The van der Waals surface area contributed by atoms with Crippen molar-refractivity contribution < 1.29 is 14.3 Å². The molecule has 0 aliphatic carbocycles. The highest BCUT2D eigenvalue weighted by Crippen LogP contribution is 2.24. The van der Waals surface area contributed by atoms with E-state index < -0.39 is 0 Å². The second kappa shape index (κ2) is 7.45. The van der Waals surface area contributed by atoms with Gasteiger partial charge >= 0.3 is 0 Å². The van der Waals surface area contributed by atoms with Gasteiger partial charge in [-0.3, -0.25) is 9.78 Å². The van der Waals surface area contributed by atoms with E-state index in [0.717, 1.165) is 17.0 Å². The Bertz CT molecular complexity index is 709. The van der Waals surface area contributed by atoms with Gasteiger partial charge in [0.15, 0.2) is 0 Å². The predicted octanol–water partition coefficient (Wildman–Crippen LogP) is 3.01. The Balaban J connectivity index is 1.83. The molecule has 3 rings (SSSR count). The molecule has 24 heavy (non-hydrogen) atoms. The molecule has 1 aromatic carbocycles. The lowest BCUT2D eigenvalue weighted by Gasteiger charge is -2.26. The molecule has 126 valence electrons. The van der Waals surface area contributed by atoms with E-state index in [-0.39, 0.29) is 12.0 Å². The molecule has 0 saturated carbocycles. The number of ether oxygens (including phenoxy) is 2. The van der Waals surface area contributed by atoms with Crippen LogP contribution in [0.15, 0.2) is 42.6 Å². The number of hydrogen-bond acceptors (Lipinski definition) is 4. The smallest absolute Gasteiger partial charge is 0.254 e. The minimum Gasteiger partial charge on any atom is -0.491 e. The molecule has 0 atom stereocenters. The topological polar surface area (TPSA) is 51.7 Å². The van der Waals surface area contributed by atoms with Crippen LogP contribution in [0, 0.1) is 0 Å². The van der Waals surface area contributed by atoms with Crippen LogP contribution in [0.1, 0.15) is 24.2 Å². The molecule has 0 N–H and O–H groups in total. The first-order chi connectivity index (χ1) is 11.6. The van der Waals surface area contributed by atoms with Gasteiger partial charge in [-0.05, 0) is 38.1 Å². The van der Waals surface area contributed by atoms with Crippen molar-refractivity contribution in [1.29, 1.82) is 0 Å². The van der Waals surface area contributed by atoms with Gasteiger partial charge in [-0.15, -0.1) is 0 Å². The summed E-state index contributed by atoms with van der Waals surface area (Å²) < 4.78 is 11.0. The molecular weight excluding hydrogens is 304 g/mol. The Morgan fingerprint density at radius 3 is 2.75 bits per heavy atom. The van der Waals surface area contributed by atoms with Crippen LogP contribution in [0.3, 0.4) is 0 Å². The zero-order valence-electron chi connectivity index (χ0n) is 14.1. The van der Waals surface area contributed by atoms with E-state index in [1.807, 2.05) is 49.1 Å². The Kier molecular flexibility index (Phi) is 5.11. The maximum absolute atomic E-state index is 12.6. The van der Waals surface area contributed by atoms with Crippen LogP contribution in [-0.2, 0) is 4.74 Å². The summed E-state index contributed by atoms with van der Waals surface area (Å²) in [6, 6.07) is 11.4. The van der Waals surface area contributed by atoms with Crippen molar-refractivity contribution in [3.8, 4) is 17.0 Å². The molecule has 5 heteroatoms. The van der Waals surface area contributed by atoms with Crippen molar-refractivity contribution in [2.24, 2.45) is 0 Å². The third-order valence-electron chi connectivity index (χ3n) is 3.81. The highest BCUT2D eigenvalue weighted by atomic mass is 16.5. The van der Waals surface area contributed by atoms with Crippen LogP contribution in [0.2, 0.25) is 0 Å². The number of morpholine rings is 1. The minimum atomic E-state index is 0.0246. The zero-order chi connectivity index (χ0) is 16.9. The SMILES string of the molecule is CC(C)Oc1cccc(-c2cc(C(=O)N3CCOCC3)ccn2)c1. The van der Waals surface area contributed by atoms with Crippen LogP contribution >= 0.6 is 0 Å². The van der Waals surface area contributed by atoms with Gasteiger partial charge in [0.05, 0.1) is 25.0 Å². The quantitative estimate of drug-likeness (QED) is 0.867. The van der Waals surface area contributed by atoms with E-state index in [4.69, 9.17) is 9.47 Å². The first-order valence-electron chi connectivity index (χ1n) is 8.23. The van der Waals surface area contributed by atoms with Gasteiger partial charge in [0.1, 0.15) is 5.75 Å². The third-order valence-corrected chi connectivity index (χ3v) is 3.81. The summed E-state index contributed by atoms with van der Waals surface area (Å²) >= 11 is 0. The molecule has 0 unspecified atom stereocenters. The van der Waals surface area contributed by atoms with Crippen molar-refractivity contribution in [3.63, 3.8) is 0 Å². The lowest BCUT2D eigenvalue weighted by Crippen LogP contribution is -2.40. The maximum atomic E-state index is 12.6. The van der Waals surface area contributed by atoms with Crippen molar-refractivity contribution >= 4 is 5.91 Å². The summed E-state index contributed by atoms with van der Waals surface area (Å²) in [5.41, 5.74) is 2.35. The molecule has 2 heterocycles. The highest BCUT2D eigenvalue weighted by Gasteiger charge is 2.19. The number of pyridine rings is 1. The fourth-order valence-corrected chi connectivity index (χ4v) is 2.67. The monoisotopic (exact) mass is 326 g/mol. The molecule has 0 spiro atoms. The molecule has 1 aliphatic rings. The number of hydrogen-bond donors (Lipinski definition) is 0. The number of carbonyl (C=O) groups is 1. The number of rotatable bonds is 4. The van der Waals surface area contributed by atoms with Gasteiger partial charge in [0.25, 0.3) is 5.91 Å². The first-order valence-corrected chi connectivity index (χ1v) is 8.23. The molecule has 1 aromatic heterocycles. The Labute approximate surface area is 142 Å². The van der Waals surface area contributed by atoms with Crippen LogP contribution < -0.4 is 4.74 Å². The second-order valence-electron chi connectivity index (χ2n) is 6.03. The van der Waals surface area contributed by atoms with Crippen molar-refractivity contribution in [1.82, 2.24) is 9.88 Å². The van der Waals surface area contributed by atoms with Crippen LogP contribution in [0.25, 0.3) is 11.3 Å². The average Bonchev–Trinajstić information content (AvgIpc) is 2.62. The second-order valence-corrected chi connectivity index (χ2v) is 6.03. The lowest BCUT2D eigenvalue weighted by molar-refractivity contribution is 0.0303. The Morgan fingerprint density at radius 1 is 1.21 bits per heavy atom. The highest BCUT2D eigenvalue weighted by molar-refractivity contribution is 5.95. The zero-order valence-corrected chi connectivity index (χ0v) is 14.1. The minimum absolute atomic E-state index is 0.0246. The number of aromatic nitrogens is 1. The van der Waals surface area contributed by atoms with E-state index >= 15 is 0 Å². The van der Waals surface area contributed by atoms with Crippen LogP contribution in [0.5, 0.6) is 5.75 Å². The van der Waals surface area contributed by atoms with Gasteiger partial charge in [-0.2, -0.15) is 0 Å². The normalized spacial score (nSPS) is 14.7. The fraction of sp³-hybridized carbons (Fsp3) is 0.368. The van der Waals surface area contributed by atoms with Crippen LogP contribution in [0.4, 0.5) is 0 Å². The fourth-order valence-electron chi connectivity index (χ4n) is 2.67. The van der Waals surface area contributed by atoms with E-state index in [9.17, 15) is 4.79 Å². The van der Waals surface area contributed by atoms with Crippen LogP contribution in [-0.4, -0.2) is 48.2 Å². The van der Waals surface area contributed by atoms with Gasteiger partial charge in [-0.1, -0.05) is 12.1 Å². The van der Waals surface area contributed by atoms with Gasteiger partial charge in [-0.25, -0.2) is 0 Å². The van der Waals surface area contributed by atoms with E-state index in [0.29, 0.717) is 31.9 Å². The number of amides is 1. The van der Waals surface area contributed by atoms with E-state index in [2.05, 4.69) is 4.98 Å². The number of carbonyl (C=O) groups excluding carboxylic acids is 1. The molecule has 1 saturated heterocycles. The molecular formula is C19H22N2O3. The van der Waals surface area contributed by atoms with E-state index in [1.165, 1.54) is 0 Å². The summed E-state index contributed by atoms with van der Waals surface area (Å²) in [5.74, 6) is 0.825.